The van der Waals surface area contributed by atoms with Crippen molar-refractivity contribution in [3.8, 4) is 0 Å². The average Bonchev–Trinajstić information content (AvgIpc) is 2.93. The number of aliphatic hydroxyl groups excluding tert-OH is 1. The van der Waals surface area contributed by atoms with Crippen molar-refractivity contribution in [2.75, 3.05) is 13.1 Å². The smallest absolute Gasteiger partial charge is 0.317 e. The maximum Gasteiger partial charge on any atom is 0.317 e. The third-order valence-electron chi connectivity index (χ3n) is 5.11. The molecular weight excluding hydrogens is 276 g/mol. The van der Waals surface area contributed by atoms with Crippen LogP contribution in [0.25, 0.3) is 0 Å². The minimum atomic E-state index is -0.337. The summed E-state index contributed by atoms with van der Waals surface area (Å²) < 4.78 is 0. The number of benzene rings is 1. The third kappa shape index (κ3) is 3.27. The minimum absolute atomic E-state index is 0.0184. The van der Waals surface area contributed by atoms with Crippen LogP contribution >= 0.6 is 0 Å². The normalized spacial score (nSPS) is 26.2. The Morgan fingerprint density at radius 3 is 2.91 bits per heavy atom. The van der Waals surface area contributed by atoms with Crippen LogP contribution in [0.2, 0.25) is 0 Å². The molecule has 1 aromatic carbocycles. The Balaban J connectivity index is 1.67. The number of hydrogen-bond donors (Lipinski definition) is 2. The summed E-state index contributed by atoms with van der Waals surface area (Å²) in [5, 5.41) is 12.9. The zero-order valence-corrected chi connectivity index (χ0v) is 13.3. The molecule has 1 aliphatic carbocycles. The molecule has 4 nitrogen and oxygen atoms in total. The Morgan fingerprint density at radius 1 is 1.32 bits per heavy atom. The van der Waals surface area contributed by atoms with Gasteiger partial charge in [0.15, 0.2) is 0 Å². The first-order valence-electron chi connectivity index (χ1n) is 8.46. The molecule has 0 unspecified atom stereocenters. The van der Waals surface area contributed by atoms with E-state index in [1.54, 1.807) is 0 Å². The van der Waals surface area contributed by atoms with Crippen molar-refractivity contribution in [3.05, 3.63) is 35.4 Å². The number of fused-ring (bicyclic) bond motifs is 1. The van der Waals surface area contributed by atoms with Crippen LogP contribution in [0.3, 0.4) is 0 Å². The van der Waals surface area contributed by atoms with E-state index in [1.165, 1.54) is 17.5 Å². The van der Waals surface area contributed by atoms with Gasteiger partial charge in [-0.05, 0) is 43.7 Å². The van der Waals surface area contributed by atoms with Crippen molar-refractivity contribution < 1.29 is 9.90 Å². The van der Waals surface area contributed by atoms with Gasteiger partial charge >= 0.3 is 6.03 Å². The molecule has 1 fully saturated rings. The number of rotatable bonds is 2. The fourth-order valence-electron chi connectivity index (χ4n) is 3.68. The van der Waals surface area contributed by atoms with E-state index in [9.17, 15) is 9.90 Å². The molecular formula is C18H26N2O2. The van der Waals surface area contributed by atoms with Crippen molar-refractivity contribution in [1.29, 1.82) is 0 Å². The predicted octanol–water partition coefficient (Wildman–Crippen LogP) is 2.87. The Bertz CT molecular complexity index is 530. The van der Waals surface area contributed by atoms with Crippen LogP contribution in [0.1, 0.15) is 49.8 Å². The second kappa shape index (κ2) is 6.69. The van der Waals surface area contributed by atoms with Crippen LogP contribution in [-0.4, -0.2) is 35.2 Å². The van der Waals surface area contributed by atoms with Gasteiger partial charge in [-0.1, -0.05) is 30.7 Å². The quantitative estimate of drug-likeness (QED) is 0.825. The van der Waals surface area contributed by atoms with Crippen LogP contribution in [0.4, 0.5) is 4.79 Å². The number of urea groups is 1. The topological polar surface area (TPSA) is 52.6 Å². The summed E-state index contributed by atoms with van der Waals surface area (Å²) in [6.45, 7) is 3.22. The van der Waals surface area contributed by atoms with Gasteiger partial charge in [-0.15, -0.1) is 0 Å². The van der Waals surface area contributed by atoms with Gasteiger partial charge < -0.3 is 15.3 Å². The highest BCUT2D eigenvalue weighted by molar-refractivity contribution is 5.75. The Hall–Kier alpha value is -1.55. The Kier molecular flexibility index (Phi) is 4.67. The number of carbonyl (C=O) groups excluding carboxylic acids is 1. The molecule has 0 saturated carbocycles. The number of aliphatic hydroxyl groups is 1. The number of hydrogen-bond acceptors (Lipinski definition) is 2. The fraction of sp³-hybridized carbons (Fsp3) is 0.611. The standard InChI is InChI=1S/C18H26N2O2/c1-13(21)15-10-11-20(12-15)18(22)19-17-9-5-3-7-14-6-2-4-8-16(14)17/h2,4,6,8,13,15,17,21H,3,5,7,9-12H2,1H3,(H,19,22)/t13-,15+,17+/m0/s1. The van der Waals surface area contributed by atoms with E-state index in [0.29, 0.717) is 6.54 Å². The monoisotopic (exact) mass is 302 g/mol. The van der Waals surface area contributed by atoms with Crippen LogP contribution < -0.4 is 5.32 Å². The molecule has 1 aromatic rings. The highest BCUT2D eigenvalue weighted by atomic mass is 16.3. The van der Waals surface area contributed by atoms with Gasteiger partial charge in [0.2, 0.25) is 0 Å². The fourth-order valence-corrected chi connectivity index (χ4v) is 3.68. The number of likely N-dealkylation sites (tertiary alicyclic amines) is 1. The number of nitrogens with zero attached hydrogens (tertiary/aromatic N) is 1. The maximum absolute atomic E-state index is 12.5. The molecule has 0 bridgehead atoms. The van der Waals surface area contributed by atoms with Gasteiger partial charge in [0.1, 0.15) is 0 Å². The number of nitrogens with one attached hydrogen (secondary N) is 1. The molecule has 22 heavy (non-hydrogen) atoms. The molecule has 0 aromatic heterocycles. The summed E-state index contributed by atoms with van der Waals surface area (Å²) >= 11 is 0. The first-order valence-corrected chi connectivity index (χ1v) is 8.46. The molecule has 1 saturated heterocycles. The SMILES string of the molecule is C[C@H](O)[C@@H]1CCN(C(=O)N[C@@H]2CCCCc3ccccc32)C1. The van der Waals surface area contributed by atoms with E-state index in [1.807, 2.05) is 11.8 Å². The van der Waals surface area contributed by atoms with E-state index in [-0.39, 0.29) is 24.1 Å². The molecule has 1 heterocycles. The molecule has 120 valence electrons. The zero-order chi connectivity index (χ0) is 15.5. The van der Waals surface area contributed by atoms with Crippen LogP contribution in [0.5, 0.6) is 0 Å². The number of amides is 2. The molecule has 4 heteroatoms. The van der Waals surface area contributed by atoms with Crippen LogP contribution in [-0.2, 0) is 6.42 Å². The summed E-state index contributed by atoms with van der Waals surface area (Å²) in [7, 11) is 0. The van der Waals surface area contributed by atoms with E-state index >= 15 is 0 Å². The largest absolute Gasteiger partial charge is 0.393 e. The minimum Gasteiger partial charge on any atom is -0.393 e. The van der Waals surface area contributed by atoms with E-state index in [4.69, 9.17) is 0 Å². The van der Waals surface area contributed by atoms with Gasteiger partial charge in [-0.2, -0.15) is 0 Å². The Morgan fingerprint density at radius 2 is 2.14 bits per heavy atom. The van der Waals surface area contributed by atoms with Crippen LogP contribution in [0.15, 0.2) is 24.3 Å². The first-order chi connectivity index (χ1) is 10.6. The number of carbonyl (C=O) groups is 1. The molecule has 3 rings (SSSR count). The summed E-state index contributed by atoms with van der Waals surface area (Å²) in [4.78, 5) is 14.4. The lowest BCUT2D eigenvalue weighted by Crippen LogP contribution is -2.41. The molecule has 0 radical (unpaired) electrons. The van der Waals surface area contributed by atoms with Crippen molar-refractivity contribution in [3.63, 3.8) is 0 Å². The van der Waals surface area contributed by atoms with Crippen LogP contribution in [0, 0.1) is 5.92 Å². The lowest BCUT2D eigenvalue weighted by Gasteiger charge is -2.24. The van der Waals surface area contributed by atoms with Crippen molar-refractivity contribution >= 4 is 6.03 Å². The molecule has 2 N–H and O–H groups in total. The van der Waals surface area contributed by atoms with Gasteiger partial charge in [-0.3, -0.25) is 0 Å². The van der Waals surface area contributed by atoms with Gasteiger partial charge in [0, 0.05) is 19.0 Å². The molecule has 1 aliphatic heterocycles. The highest BCUT2D eigenvalue weighted by Crippen LogP contribution is 2.29. The molecule has 3 atom stereocenters. The van der Waals surface area contributed by atoms with E-state index < -0.39 is 0 Å². The van der Waals surface area contributed by atoms with Crippen molar-refractivity contribution in [1.82, 2.24) is 10.2 Å². The maximum atomic E-state index is 12.5. The third-order valence-corrected chi connectivity index (χ3v) is 5.11. The summed E-state index contributed by atoms with van der Waals surface area (Å²) in [6.07, 6.45) is 5.02. The highest BCUT2D eigenvalue weighted by Gasteiger charge is 2.30. The Labute approximate surface area is 132 Å². The summed E-state index contributed by atoms with van der Waals surface area (Å²) in [6, 6.07) is 8.61. The van der Waals surface area contributed by atoms with E-state index in [0.717, 1.165) is 32.2 Å². The summed E-state index contributed by atoms with van der Waals surface area (Å²) in [5.74, 6) is 0.215. The zero-order valence-electron chi connectivity index (χ0n) is 13.3. The summed E-state index contributed by atoms with van der Waals surface area (Å²) in [5.41, 5.74) is 2.65. The van der Waals surface area contributed by atoms with Gasteiger partial charge in [0.25, 0.3) is 0 Å². The van der Waals surface area contributed by atoms with Crippen molar-refractivity contribution in [2.24, 2.45) is 5.92 Å². The second-order valence-electron chi connectivity index (χ2n) is 6.68. The second-order valence-corrected chi connectivity index (χ2v) is 6.68. The predicted molar refractivity (Wildman–Crippen MR) is 86.6 cm³/mol. The lowest BCUT2D eigenvalue weighted by atomic mass is 9.99. The molecule has 0 spiro atoms. The van der Waals surface area contributed by atoms with E-state index in [2.05, 4.69) is 29.6 Å². The average molecular weight is 302 g/mol. The van der Waals surface area contributed by atoms with Gasteiger partial charge in [-0.25, -0.2) is 4.79 Å². The lowest BCUT2D eigenvalue weighted by molar-refractivity contribution is 0.129. The van der Waals surface area contributed by atoms with Crippen molar-refractivity contribution in [2.45, 2.75) is 51.2 Å². The van der Waals surface area contributed by atoms with Gasteiger partial charge in [0.05, 0.1) is 12.1 Å². The first kappa shape index (κ1) is 15.3. The molecule has 2 amide bonds. The molecule has 2 aliphatic rings. The number of aryl methyl sites for hydroxylation is 1.